The zero-order chi connectivity index (χ0) is 12.1. The molecule has 96 valence electrons. The average Bonchev–Trinajstić information content (AvgIpc) is 2.95. The third-order valence-electron chi connectivity index (χ3n) is 3.31. The van der Waals surface area contributed by atoms with Gasteiger partial charge in [0, 0.05) is 13.7 Å². The van der Waals surface area contributed by atoms with Crippen molar-refractivity contribution in [2.45, 2.75) is 44.8 Å². The molecule has 1 aliphatic rings. The quantitative estimate of drug-likeness (QED) is 0.762. The molecule has 5 nitrogen and oxygen atoms in total. The fourth-order valence-corrected chi connectivity index (χ4v) is 2.30. The van der Waals surface area contributed by atoms with Crippen molar-refractivity contribution in [2.75, 3.05) is 13.2 Å². The van der Waals surface area contributed by atoms with Crippen molar-refractivity contribution < 1.29 is 4.74 Å². The predicted molar refractivity (Wildman–Crippen MR) is 65.6 cm³/mol. The lowest BCUT2D eigenvalue weighted by molar-refractivity contribution is 0.102. The van der Waals surface area contributed by atoms with Gasteiger partial charge in [-0.1, -0.05) is 0 Å². The summed E-state index contributed by atoms with van der Waals surface area (Å²) in [5.74, 6) is 0.988. The van der Waals surface area contributed by atoms with Crippen LogP contribution in [0.5, 0.6) is 0 Å². The summed E-state index contributed by atoms with van der Waals surface area (Å²) in [6.07, 6.45) is 7.03. The van der Waals surface area contributed by atoms with E-state index >= 15 is 0 Å². The van der Waals surface area contributed by atoms with E-state index in [1.54, 1.807) is 6.33 Å². The Morgan fingerprint density at radius 3 is 3.18 bits per heavy atom. The summed E-state index contributed by atoms with van der Waals surface area (Å²) in [4.78, 5) is 0. The summed E-state index contributed by atoms with van der Waals surface area (Å²) in [5.41, 5.74) is 0. The van der Waals surface area contributed by atoms with E-state index in [0.29, 0.717) is 6.10 Å². The van der Waals surface area contributed by atoms with Crippen LogP contribution in [-0.4, -0.2) is 34.0 Å². The normalized spacial score (nSPS) is 21.9. The Labute approximate surface area is 103 Å². The van der Waals surface area contributed by atoms with Crippen LogP contribution in [0.1, 0.15) is 44.5 Å². The third kappa shape index (κ3) is 3.51. The molecule has 17 heavy (non-hydrogen) atoms. The highest BCUT2D eigenvalue weighted by Crippen LogP contribution is 2.16. The molecule has 1 N–H and O–H groups in total. The van der Waals surface area contributed by atoms with Crippen LogP contribution >= 0.6 is 0 Å². The molecular weight excluding hydrogens is 216 g/mol. The summed E-state index contributed by atoms with van der Waals surface area (Å²) in [5, 5.41) is 11.5. The third-order valence-corrected chi connectivity index (χ3v) is 3.31. The fraction of sp³-hybridized carbons (Fsp3) is 0.833. The van der Waals surface area contributed by atoms with Gasteiger partial charge >= 0.3 is 0 Å². The molecule has 2 rings (SSSR count). The highest BCUT2D eigenvalue weighted by atomic mass is 16.5. The van der Waals surface area contributed by atoms with Gasteiger partial charge in [-0.15, -0.1) is 10.2 Å². The maximum absolute atomic E-state index is 5.60. The van der Waals surface area contributed by atoms with Gasteiger partial charge in [-0.25, -0.2) is 0 Å². The van der Waals surface area contributed by atoms with Crippen molar-refractivity contribution >= 4 is 0 Å². The van der Waals surface area contributed by atoms with Gasteiger partial charge in [0.2, 0.25) is 0 Å². The Morgan fingerprint density at radius 1 is 1.65 bits per heavy atom. The van der Waals surface area contributed by atoms with E-state index in [1.807, 2.05) is 11.6 Å². The van der Waals surface area contributed by atoms with E-state index in [4.69, 9.17) is 4.74 Å². The van der Waals surface area contributed by atoms with Gasteiger partial charge in [0.15, 0.2) is 0 Å². The first-order valence-electron chi connectivity index (χ1n) is 6.46. The van der Waals surface area contributed by atoms with Crippen LogP contribution in [0.4, 0.5) is 0 Å². The van der Waals surface area contributed by atoms with Crippen molar-refractivity contribution in [1.29, 1.82) is 0 Å². The van der Waals surface area contributed by atoms with Crippen molar-refractivity contribution in [3.05, 3.63) is 12.2 Å². The van der Waals surface area contributed by atoms with Crippen LogP contribution in [0.25, 0.3) is 0 Å². The topological polar surface area (TPSA) is 52.0 Å². The molecule has 0 saturated carbocycles. The molecule has 5 heteroatoms. The van der Waals surface area contributed by atoms with Crippen LogP contribution in [0.2, 0.25) is 0 Å². The average molecular weight is 238 g/mol. The minimum Gasteiger partial charge on any atom is -0.378 e. The van der Waals surface area contributed by atoms with Crippen LogP contribution in [0.15, 0.2) is 6.33 Å². The summed E-state index contributed by atoms with van der Waals surface area (Å²) >= 11 is 0. The zero-order valence-electron chi connectivity index (χ0n) is 10.7. The van der Waals surface area contributed by atoms with Crippen molar-refractivity contribution in [3.8, 4) is 0 Å². The largest absolute Gasteiger partial charge is 0.378 e. The maximum atomic E-state index is 5.60. The van der Waals surface area contributed by atoms with Gasteiger partial charge in [0.1, 0.15) is 12.2 Å². The Balaban J connectivity index is 1.63. The van der Waals surface area contributed by atoms with Crippen LogP contribution in [0.3, 0.4) is 0 Å². The summed E-state index contributed by atoms with van der Waals surface area (Å²) in [7, 11) is 1.97. The molecule has 0 bridgehead atoms. The molecule has 1 aromatic heterocycles. The van der Waals surface area contributed by atoms with Gasteiger partial charge in [0.25, 0.3) is 0 Å². The number of aromatic nitrogens is 3. The molecular formula is C12H22N4O. The van der Waals surface area contributed by atoms with Gasteiger partial charge in [-0.2, -0.15) is 0 Å². The first-order valence-corrected chi connectivity index (χ1v) is 6.46. The van der Waals surface area contributed by atoms with Gasteiger partial charge in [-0.05, 0) is 39.2 Å². The lowest BCUT2D eigenvalue weighted by Gasteiger charge is -2.14. The van der Waals surface area contributed by atoms with Crippen LogP contribution < -0.4 is 5.32 Å². The number of hydrogen-bond acceptors (Lipinski definition) is 4. The summed E-state index contributed by atoms with van der Waals surface area (Å²) < 4.78 is 7.55. The van der Waals surface area contributed by atoms with Crippen molar-refractivity contribution in [3.63, 3.8) is 0 Å². The molecule has 0 radical (unpaired) electrons. The molecule has 2 unspecified atom stereocenters. The molecule has 1 aliphatic heterocycles. The van der Waals surface area contributed by atoms with E-state index in [-0.39, 0.29) is 6.04 Å². The van der Waals surface area contributed by atoms with E-state index < -0.39 is 0 Å². The smallest absolute Gasteiger partial charge is 0.149 e. The predicted octanol–water partition coefficient (Wildman–Crippen LogP) is 1.42. The Hall–Kier alpha value is -0.940. The lowest BCUT2D eigenvalue weighted by Crippen LogP contribution is -2.23. The van der Waals surface area contributed by atoms with E-state index in [1.165, 1.54) is 19.3 Å². The number of ether oxygens (including phenoxy) is 1. The molecule has 0 aromatic carbocycles. The molecule has 0 amide bonds. The molecule has 1 aromatic rings. The first-order chi connectivity index (χ1) is 8.27. The monoisotopic (exact) mass is 238 g/mol. The second-order valence-electron chi connectivity index (χ2n) is 4.75. The second-order valence-corrected chi connectivity index (χ2v) is 4.75. The molecule has 2 heterocycles. The Bertz CT molecular complexity index is 333. The number of aryl methyl sites for hydroxylation is 1. The van der Waals surface area contributed by atoms with E-state index in [0.717, 1.165) is 25.4 Å². The minimum absolute atomic E-state index is 0.256. The number of nitrogens with one attached hydrogen (secondary N) is 1. The highest BCUT2D eigenvalue weighted by molar-refractivity contribution is 4.91. The Kier molecular flexibility index (Phi) is 4.50. The number of rotatable bonds is 6. The molecule has 0 spiro atoms. The number of nitrogens with zero attached hydrogens (tertiary/aromatic N) is 3. The molecule has 1 fully saturated rings. The number of hydrogen-bond donors (Lipinski definition) is 1. The molecule has 1 saturated heterocycles. The zero-order valence-corrected chi connectivity index (χ0v) is 10.7. The summed E-state index contributed by atoms with van der Waals surface area (Å²) in [6.45, 7) is 4.08. The van der Waals surface area contributed by atoms with Crippen LogP contribution in [-0.2, 0) is 11.8 Å². The second kappa shape index (κ2) is 6.12. The fourth-order valence-electron chi connectivity index (χ4n) is 2.30. The summed E-state index contributed by atoms with van der Waals surface area (Å²) in [6, 6.07) is 0.256. The van der Waals surface area contributed by atoms with Crippen molar-refractivity contribution in [2.24, 2.45) is 7.05 Å². The first kappa shape index (κ1) is 12.5. The maximum Gasteiger partial charge on any atom is 0.149 e. The lowest BCUT2D eigenvalue weighted by atomic mass is 10.1. The van der Waals surface area contributed by atoms with Gasteiger partial charge in [-0.3, -0.25) is 0 Å². The van der Waals surface area contributed by atoms with E-state index in [9.17, 15) is 0 Å². The van der Waals surface area contributed by atoms with Gasteiger partial charge < -0.3 is 14.6 Å². The van der Waals surface area contributed by atoms with Crippen molar-refractivity contribution in [1.82, 2.24) is 20.1 Å². The van der Waals surface area contributed by atoms with Gasteiger partial charge in [0.05, 0.1) is 12.1 Å². The molecule has 0 aliphatic carbocycles. The van der Waals surface area contributed by atoms with E-state index in [2.05, 4.69) is 22.4 Å². The minimum atomic E-state index is 0.256. The Morgan fingerprint density at radius 2 is 2.53 bits per heavy atom. The van der Waals surface area contributed by atoms with Crippen LogP contribution in [0, 0.1) is 0 Å². The molecule has 2 atom stereocenters. The standard InChI is InChI=1S/C12H22N4O/c1-10(12-15-14-9-16(12)2)13-7-3-5-11-6-4-8-17-11/h9-11,13H,3-8H2,1-2H3. The highest BCUT2D eigenvalue weighted by Gasteiger charge is 2.15. The SMILES string of the molecule is CC(NCCCC1CCCO1)c1nncn1C.